The lowest BCUT2D eigenvalue weighted by molar-refractivity contribution is -0.126. The monoisotopic (exact) mass is 428 g/mol. The number of amides is 3. The summed E-state index contributed by atoms with van der Waals surface area (Å²) < 4.78 is 0. The van der Waals surface area contributed by atoms with E-state index in [-0.39, 0.29) is 29.8 Å². The Morgan fingerprint density at radius 2 is 2.07 bits per heavy atom. The lowest BCUT2D eigenvalue weighted by Crippen LogP contribution is -2.41. The average molecular weight is 429 g/mol. The molecule has 1 aromatic carbocycles. The van der Waals surface area contributed by atoms with Crippen LogP contribution in [0.3, 0.4) is 0 Å². The van der Waals surface area contributed by atoms with Gasteiger partial charge in [-0.2, -0.15) is 11.8 Å². The number of aromatic nitrogens is 1. The Labute approximate surface area is 180 Å². The highest BCUT2D eigenvalue weighted by molar-refractivity contribution is 8.00. The summed E-state index contributed by atoms with van der Waals surface area (Å²) in [5.41, 5.74) is 2.06. The second kappa shape index (κ2) is 9.12. The van der Waals surface area contributed by atoms with Crippen LogP contribution in [0.4, 0.5) is 4.79 Å². The second-order valence-corrected chi connectivity index (χ2v) is 9.43. The van der Waals surface area contributed by atoms with Crippen LogP contribution in [0.1, 0.15) is 38.2 Å². The van der Waals surface area contributed by atoms with Gasteiger partial charge in [0.2, 0.25) is 5.91 Å². The predicted molar refractivity (Wildman–Crippen MR) is 119 cm³/mol. The highest BCUT2D eigenvalue weighted by Crippen LogP contribution is 2.33. The molecule has 4 atom stereocenters. The Morgan fingerprint density at radius 3 is 2.90 bits per heavy atom. The first-order valence-corrected chi connectivity index (χ1v) is 11.6. The maximum absolute atomic E-state index is 12.4. The number of nitrogens with one attached hydrogen (secondary N) is 4. The van der Waals surface area contributed by atoms with Gasteiger partial charge in [-0.15, -0.1) is 0 Å². The molecule has 1 aromatic heterocycles. The van der Waals surface area contributed by atoms with Crippen LogP contribution in [-0.2, 0) is 16.0 Å². The van der Waals surface area contributed by atoms with Crippen molar-refractivity contribution in [3.05, 3.63) is 36.0 Å². The van der Waals surface area contributed by atoms with Crippen LogP contribution in [0.25, 0.3) is 10.9 Å². The summed E-state index contributed by atoms with van der Waals surface area (Å²) in [7, 11) is 0. The number of rotatable bonds is 9. The van der Waals surface area contributed by atoms with Crippen molar-refractivity contribution in [2.75, 3.05) is 5.75 Å². The summed E-state index contributed by atoms with van der Waals surface area (Å²) in [6.07, 6.45) is 5.49. The summed E-state index contributed by atoms with van der Waals surface area (Å²) in [5.74, 6) is 0.831. The van der Waals surface area contributed by atoms with E-state index >= 15 is 0 Å². The zero-order valence-corrected chi connectivity index (χ0v) is 17.9. The fourth-order valence-corrected chi connectivity index (χ4v) is 5.90. The standard InChI is InChI=1S/C22H28N4O3S/c1-13(27)17(10-14-11-23-16-7-3-2-6-15(14)16)24-20(28)9-5-4-8-19-21-18(12-30-19)25-22(29)26-21/h2-3,6-7,11,17-19,21,23H,4-5,8-10,12H2,1H3,(H,24,28)(H2,25,26,29)/t17-,18-,19-,21-/m0/s1. The van der Waals surface area contributed by atoms with Crippen molar-refractivity contribution in [2.24, 2.45) is 0 Å². The highest BCUT2D eigenvalue weighted by atomic mass is 32.2. The number of carbonyl (C=O) groups excluding carboxylic acids is 3. The number of H-pyrrole nitrogens is 1. The van der Waals surface area contributed by atoms with Gasteiger partial charge in [-0.25, -0.2) is 4.79 Å². The SMILES string of the molecule is CC(=O)[C@H](Cc1c[nH]c2ccccc12)NC(=O)CCCC[C@@H]1SC[C@@H]2NC(=O)N[C@@H]21. The van der Waals surface area contributed by atoms with Gasteiger partial charge < -0.3 is 20.9 Å². The molecule has 3 amide bonds. The van der Waals surface area contributed by atoms with E-state index in [4.69, 9.17) is 0 Å². The molecule has 160 valence electrons. The molecule has 30 heavy (non-hydrogen) atoms. The summed E-state index contributed by atoms with van der Waals surface area (Å²) >= 11 is 1.89. The Bertz CT molecular complexity index is 943. The van der Waals surface area contributed by atoms with E-state index in [1.165, 1.54) is 6.92 Å². The first-order chi connectivity index (χ1) is 14.5. The molecule has 4 rings (SSSR count). The molecule has 2 aliphatic rings. The molecule has 2 saturated heterocycles. The molecule has 8 heteroatoms. The fraction of sp³-hybridized carbons (Fsp3) is 0.500. The minimum atomic E-state index is -0.511. The number of thioether (sulfide) groups is 1. The van der Waals surface area contributed by atoms with Crippen LogP contribution >= 0.6 is 11.8 Å². The maximum atomic E-state index is 12.4. The molecule has 2 aromatic rings. The number of para-hydroxylation sites is 1. The first-order valence-electron chi connectivity index (χ1n) is 10.5. The number of urea groups is 1. The molecule has 0 aliphatic carbocycles. The van der Waals surface area contributed by atoms with E-state index in [0.29, 0.717) is 18.1 Å². The number of hydrogen-bond acceptors (Lipinski definition) is 4. The zero-order valence-electron chi connectivity index (χ0n) is 17.1. The Kier molecular flexibility index (Phi) is 6.32. The van der Waals surface area contributed by atoms with Crippen molar-refractivity contribution in [3.63, 3.8) is 0 Å². The smallest absolute Gasteiger partial charge is 0.315 e. The van der Waals surface area contributed by atoms with E-state index in [9.17, 15) is 14.4 Å². The number of carbonyl (C=O) groups is 3. The van der Waals surface area contributed by atoms with Crippen molar-refractivity contribution in [3.8, 4) is 0 Å². The van der Waals surface area contributed by atoms with Gasteiger partial charge in [0.25, 0.3) is 0 Å². The zero-order chi connectivity index (χ0) is 21.1. The number of aromatic amines is 1. The third kappa shape index (κ3) is 4.64. The summed E-state index contributed by atoms with van der Waals surface area (Å²) in [6.45, 7) is 1.53. The van der Waals surface area contributed by atoms with Gasteiger partial charge in [0.15, 0.2) is 5.78 Å². The molecule has 4 N–H and O–H groups in total. The lowest BCUT2D eigenvalue weighted by Gasteiger charge is -2.17. The van der Waals surface area contributed by atoms with Crippen molar-refractivity contribution in [2.45, 2.75) is 62.4 Å². The summed E-state index contributed by atoms with van der Waals surface area (Å²) in [4.78, 5) is 39.2. The topological polar surface area (TPSA) is 103 Å². The maximum Gasteiger partial charge on any atom is 0.315 e. The van der Waals surface area contributed by atoms with Crippen LogP contribution in [0.15, 0.2) is 30.5 Å². The molecule has 0 radical (unpaired) electrons. The van der Waals surface area contributed by atoms with Crippen LogP contribution in [0.2, 0.25) is 0 Å². The Hall–Kier alpha value is -2.48. The minimum Gasteiger partial charge on any atom is -0.361 e. The first kappa shape index (κ1) is 20.8. The van der Waals surface area contributed by atoms with E-state index < -0.39 is 6.04 Å². The normalized spacial score (nSPS) is 23.6. The summed E-state index contributed by atoms with van der Waals surface area (Å²) in [5, 5.41) is 10.3. The van der Waals surface area contributed by atoms with Crippen LogP contribution in [-0.4, -0.2) is 51.8 Å². The highest BCUT2D eigenvalue weighted by Gasteiger charge is 2.42. The number of Topliss-reactive ketones (excluding diaryl/α,β-unsaturated/α-hetero) is 1. The quantitative estimate of drug-likeness (QED) is 0.364. The number of fused-ring (bicyclic) bond motifs is 2. The molecule has 0 spiro atoms. The van der Waals surface area contributed by atoms with Crippen molar-refractivity contribution >= 4 is 40.4 Å². The number of benzene rings is 1. The van der Waals surface area contributed by atoms with Gasteiger partial charge in [-0.1, -0.05) is 24.6 Å². The largest absolute Gasteiger partial charge is 0.361 e. The summed E-state index contributed by atoms with van der Waals surface area (Å²) in [6, 6.07) is 7.81. The third-order valence-corrected chi connectivity index (χ3v) is 7.51. The van der Waals surface area contributed by atoms with E-state index in [1.807, 2.05) is 42.2 Å². The van der Waals surface area contributed by atoms with Crippen LogP contribution < -0.4 is 16.0 Å². The number of unbranched alkanes of at least 4 members (excludes halogenated alkanes) is 1. The van der Waals surface area contributed by atoms with E-state index in [0.717, 1.165) is 41.5 Å². The van der Waals surface area contributed by atoms with E-state index in [1.54, 1.807) is 0 Å². The molecule has 0 unspecified atom stereocenters. The van der Waals surface area contributed by atoms with E-state index in [2.05, 4.69) is 20.9 Å². The predicted octanol–water partition coefficient (Wildman–Crippen LogP) is 2.51. The number of ketones is 1. The second-order valence-electron chi connectivity index (χ2n) is 8.16. The molecule has 2 fully saturated rings. The molecule has 7 nitrogen and oxygen atoms in total. The molecule has 0 saturated carbocycles. The minimum absolute atomic E-state index is 0.0356. The van der Waals surface area contributed by atoms with Crippen molar-refractivity contribution in [1.82, 2.24) is 20.9 Å². The van der Waals surface area contributed by atoms with Crippen molar-refractivity contribution < 1.29 is 14.4 Å². The molecule has 2 aliphatic heterocycles. The van der Waals surface area contributed by atoms with Crippen LogP contribution in [0.5, 0.6) is 0 Å². The van der Waals surface area contributed by atoms with Gasteiger partial charge >= 0.3 is 6.03 Å². The van der Waals surface area contributed by atoms with Gasteiger partial charge in [-0.05, 0) is 31.4 Å². The molecular weight excluding hydrogens is 400 g/mol. The average Bonchev–Trinajstić information content (AvgIpc) is 3.39. The lowest BCUT2D eigenvalue weighted by atomic mass is 10.0. The van der Waals surface area contributed by atoms with Crippen LogP contribution in [0, 0.1) is 0 Å². The van der Waals surface area contributed by atoms with Gasteiger partial charge in [0, 0.05) is 40.9 Å². The van der Waals surface area contributed by atoms with Gasteiger partial charge in [0.05, 0.1) is 18.1 Å². The Balaban J connectivity index is 1.23. The third-order valence-electron chi connectivity index (χ3n) is 6.01. The Morgan fingerprint density at radius 1 is 1.23 bits per heavy atom. The van der Waals surface area contributed by atoms with Crippen molar-refractivity contribution in [1.29, 1.82) is 0 Å². The fourth-order valence-electron chi connectivity index (χ4n) is 4.36. The molecule has 3 heterocycles. The molecular formula is C22H28N4O3S. The van der Waals surface area contributed by atoms with Gasteiger partial charge in [0.1, 0.15) is 0 Å². The molecule has 0 bridgehead atoms. The number of hydrogen-bond donors (Lipinski definition) is 4. The van der Waals surface area contributed by atoms with Gasteiger partial charge in [-0.3, -0.25) is 9.59 Å².